The van der Waals surface area contributed by atoms with E-state index in [9.17, 15) is 24.0 Å². The molecule has 1 atom stereocenters. The molecule has 8 heteroatoms. The fourth-order valence-electron chi connectivity index (χ4n) is 4.29. The SMILES string of the molecule is CCCCc1ccc(C(=O)NCc2cccc3c2C(=O)N(C2CCC(=O)CC2=O)C3=O)nc1. The van der Waals surface area contributed by atoms with Gasteiger partial charge in [0, 0.05) is 19.2 Å². The first-order chi connectivity index (χ1) is 15.9. The maximum atomic E-state index is 13.1. The predicted octanol–water partition coefficient (Wildman–Crippen LogP) is 2.64. The highest BCUT2D eigenvalue weighted by molar-refractivity contribution is 6.24. The molecule has 1 aromatic carbocycles. The van der Waals surface area contributed by atoms with E-state index in [1.54, 1.807) is 24.4 Å². The second-order valence-electron chi connectivity index (χ2n) is 8.39. The van der Waals surface area contributed by atoms with Gasteiger partial charge in [0.1, 0.15) is 11.5 Å². The number of hydrogen-bond acceptors (Lipinski definition) is 6. The van der Waals surface area contributed by atoms with E-state index in [0.717, 1.165) is 29.7 Å². The summed E-state index contributed by atoms with van der Waals surface area (Å²) in [5.41, 5.74) is 2.22. The Hall–Kier alpha value is -3.68. The van der Waals surface area contributed by atoms with Crippen molar-refractivity contribution in [3.8, 4) is 0 Å². The Morgan fingerprint density at radius 1 is 1.12 bits per heavy atom. The van der Waals surface area contributed by atoms with Crippen molar-refractivity contribution >= 4 is 29.3 Å². The van der Waals surface area contributed by atoms with Gasteiger partial charge in [-0.2, -0.15) is 0 Å². The number of nitrogens with zero attached hydrogens (tertiary/aromatic N) is 2. The summed E-state index contributed by atoms with van der Waals surface area (Å²) in [6, 6.07) is 7.47. The number of nitrogens with one attached hydrogen (secondary N) is 1. The highest BCUT2D eigenvalue weighted by atomic mass is 16.2. The Bertz CT molecular complexity index is 1140. The molecule has 1 aliphatic heterocycles. The number of imide groups is 1. The second kappa shape index (κ2) is 9.44. The van der Waals surface area contributed by atoms with Gasteiger partial charge < -0.3 is 5.32 Å². The van der Waals surface area contributed by atoms with E-state index in [-0.39, 0.29) is 54.3 Å². The normalized spacial score (nSPS) is 18.0. The summed E-state index contributed by atoms with van der Waals surface area (Å²) < 4.78 is 0. The number of aromatic nitrogens is 1. The lowest BCUT2D eigenvalue weighted by atomic mass is 9.92. The van der Waals surface area contributed by atoms with Crippen LogP contribution < -0.4 is 5.32 Å². The van der Waals surface area contributed by atoms with Crippen molar-refractivity contribution in [2.24, 2.45) is 0 Å². The van der Waals surface area contributed by atoms with Crippen molar-refractivity contribution in [3.05, 3.63) is 64.5 Å². The fourth-order valence-corrected chi connectivity index (χ4v) is 4.29. The summed E-state index contributed by atoms with van der Waals surface area (Å²) in [6.07, 6.45) is 4.79. The van der Waals surface area contributed by atoms with E-state index >= 15 is 0 Å². The van der Waals surface area contributed by atoms with Crippen LogP contribution in [0.15, 0.2) is 36.5 Å². The van der Waals surface area contributed by atoms with E-state index in [0.29, 0.717) is 5.56 Å². The first kappa shape index (κ1) is 22.5. The van der Waals surface area contributed by atoms with E-state index in [1.165, 1.54) is 6.07 Å². The van der Waals surface area contributed by atoms with Gasteiger partial charge in [-0.05, 0) is 42.5 Å². The van der Waals surface area contributed by atoms with Crippen molar-refractivity contribution in [1.29, 1.82) is 0 Å². The summed E-state index contributed by atoms with van der Waals surface area (Å²) in [5, 5.41) is 2.76. The summed E-state index contributed by atoms with van der Waals surface area (Å²) in [5.74, 6) is -2.08. The van der Waals surface area contributed by atoms with Gasteiger partial charge in [0.25, 0.3) is 17.7 Å². The van der Waals surface area contributed by atoms with Gasteiger partial charge in [-0.1, -0.05) is 31.5 Å². The molecule has 1 saturated carbocycles. The molecular weight excluding hydrogens is 422 g/mol. The van der Waals surface area contributed by atoms with Crippen LogP contribution in [0.1, 0.15) is 81.4 Å². The molecule has 2 aromatic rings. The third-order valence-corrected chi connectivity index (χ3v) is 6.10. The Balaban J connectivity index is 1.48. The highest BCUT2D eigenvalue weighted by Crippen LogP contribution is 2.31. The molecule has 1 aromatic heterocycles. The minimum absolute atomic E-state index is 0.0330. The largest absolute Gasteiger partial charge is 0.347 e. The van der Waals surface area contributed by atoms with Crippen LogP contribution in [0.5, 0.6) is 0 Å². The molecule has 0 spiro atoms. The first-order valence-electron chi connectivity index (χ1n) is 11.2. The highest BCUT2D eigenvalue weighted by Gasteiger charge is 2.45. The Labute approximate surface area is 191 Å². The molecular formula is C25H25N3O5. The second-order valence-corrected chi connectivity index (χ2v) is 8.39. The number of pyridine rings is 1. The van der Waals surface area contributed by atoms with Crippen molar-refractivity contribution in [2.75, 3.05) is 0 Å². The van der Waals surface area contributed by atoms with Crippen LogP contribution >= 0.6 is 0 Å². The molecule has 4 rings (SSSR count). The predicted molar refractivity (Wildman–Crippen MR) is 119 cm³/mol. The molecule has 0 radical (unpaired) electrons. The van der Waals surface area contributed by atoms with Crippen LogP contribution in [-0.2, 0) is 22.6 Å². The van der Waals surface area contributed by atoms with Crippen LogP contribution in [0.4, 0.5) is 0 Å². The van der Waals surface area contributed by atoms with Crippen molar-refractivity contribution < 1.29 is 24.0 Å². The lowest BCUT2D eigenvalue weighted by molar-refractivity contribution is -0.132. The van der Waals surface area contributed by atoms with Crippen LogP contribution in [0.3, 0.4) is 0 Å². The van der Waals surface area contributed by atoms with Gasteiger partial charge in [-0.15, -0.1) is 0 Å². The maximum absolute atomic E-state index is 13.1. The Kier molecular flexibility index (Phi) is 6.44. The number of hydrogen-bond donors (Lipinski definition) is 1. The number of carbonyl (C=O) groups excluding carboxylic acids is 5. The zero-order chi connectivity index (χ0) is 23.5. The zero-order valence-corrected chi connectivity index (χ0v) is 18.4. The average molecular weight is 447 g/mol. The fraction of sp³-hybridized carbons (Fsp3) is 0.360. The number of Topliss-reactive ketones (excluding diaryl/α,β-unsaturated/α-hetero) is 2. The van der Waals surface area contributed by atoms with E-state index < -0.39 is 23.6 Å². The average Bonchev–Trinajstić information content (AvgIpc) is 3.07. The van der Waals surface area contributed by atoms with E-state index in [1.807, 2.05) is 6.07 Å². The van der Waals surface area contributed by atoms with Gasteiger partial charge in [-0.3, -0.25) is 33.9 Å². The number of amides is 3. The standard InChI is InChI=1S/C25H25N3O5/c1-2-3-5-15-8-10-19(26-13-15)23(31)27-14-16-6-4-7-18-22(16)25(33)28(24(18)32)20-11-9-17(29)12-21(20)30/h4,6-8,10,13,20H,2-3,5,9,11-12,14H2,1H3,(H,27,31). The van der Waals surface area contributed by atoms with Gasteiger partial charge in [0.15, 0.2) is 5.78 Å². The number of ketones is 2. The van der Waals surface area contributed by atoms with Crippen LogP contribution in [-0.4, -0.2) is 45.2 Å². The quantitative estimate of drug-likeness (QED) is 0.516. The number of carbonyl (C=O) groups is 5. The summed E-state index contributed by atoms with van der Waals surface area (Å²) >= 11 is 0. The molecule has 33 heavy (non-hydrogen) atoms. The molecule has 8 nitrogen and oxygen atoms in total. The number of rotatable bonds is 7. The maximum Gasteiger partial charge on any atom is 0.270 e. The summed E-state index contributed by atoms with van der Waals surface area (Å²) in [7, 11) is 0. The van der Waals surface area contributed by atoms with E-state index in [4.69, 9.17) is 0 Å². The minimum atomic E-state index is -0.923. The molecule has 170 valence electrons. The Morgan fingerprint density at radius 2 is 1.94 bits per heavy atom. The first-order valence-corrected chi connectivity index (χ1v) is 11.2. The number of unbranched alkanes of at least 4 members (excludes halogenated alkanes) is 1. The molecule has 1 fully saturated rings. The molecule has 1 N–H and O–H groups in total. The van der Waals surface area contributed by atoms with Crippen LogP contribution in [0.25, 0.3) is 0 Å². The van der Waals surface area contributed by atoms with Gasteiger partial charge >= 0.3 is 0 Å². The number of benzene rings is 1. The molecule has 0 bridgehead atoms. The molecule has 2 heterocycles. The van der Waals surface area contributed by atoms with Crippen LogP contribution in [0, 0.1) is 0 Å². The smallest absolute Gasteiger partial charge is 0.270 e. The van der Waals surface area contributed by atoms with E-state index in [2.05, 4.69) is 17.2 Å². The number of fused-ring (bicyclic) bond motifs is 1. The number of aryl methyl sites for hydroxylation is 1. The van der Waals surface area contributed by atoms with Crippen molar-refractivity contribution in [2.45, 2.75) is 58.0 Å². The van der Waals surface area contributed by atoms with Crippen molar-refractivity contribution in [3.63, 3.8) is 0 Å². The topological polar surface area (TPSA) is 114 Å². The third-order valence-electron chi connectivity index (χ3n) is 6.10. The van der Waals surface area contributed by atoms with Gasteiger partial charge in [0.05, 0.1) is 23.6 Å². The lowest BCUT2D eigenvalue weighted by Gasteiger charge is -2.27. The van der Waals surface area contributed by atoms with Gasteiger partial charge in [0.2, 0.25) is 0 Å². The molecule has 0 saturated heterocycles. The minimum Gasteiger partial charge on any atom is -0.347 e. The lowest BCUT2D eigenvalue weighted by Crippen LogP contribution is -2.47. The monoisotopic (exact) mass is 447 g/mol. The zero-order valence-electron chi connectivity index (χ0n) is 18.4. The molecule has 2 aliphatic rings. The molecule has 3 amide bonds. The van der Waals surface area contributed by atoms with Crippen LogP contribution in [0.2, 0.25) is 0 Å². The van der Waals surface area contributed by atoms with Gasteiger partial charge in [-0.25, -0.2) is 0 Å². The Morgan fingerprint density at radius 3 is 2.64 bits per heavy atom. The summed E-state index contributed by atoms with van der Waals surface area (Å²) in [4.78, 5) is 67.7. The van der Waals surface area contributed by atoms with Crippen molar-refractivity contribution in [1.82, 2.24) is 15.2 Å². The summed E-state index contributed by atoms with van der Waals surface area (Å²) in [6.45, 7) is 2.15. The molecule has 1 unspecified atom stereocenters. The third kappa shape index (κ3) is 4.46. The molecule has 1 aliphatic carbocycles.